The standard InChI is InChI=1S/C23H24O6/c1-14-19(28-22(25)15-9-7-6-8-10-15)23(2,3)20(29-21(14)24)16-11-12-17(26-4)18(13-16)27-5/h6-13,20H,1-5H3/t20-/m0/s1. The van der Waals surface area contributed by atoms with Gasteiger partial charge in [0.05, 0.1) is 30.8 Å². The van der Waals surface area contributed by atoms with E-state index in [1.54, 1.807) is 56.5 Å². The second kappa shape index (κ2) is 7.99. The fourth-order valence-corrected chi connectivity index (χ4v) is 3.47. The van der Waals surface area contributed by atoms with Crippen molar-refractivity contribution in [2.75, 3.05) is 14.2 Å². The van der Waals surface area contributed by atoms with Crippen molar-refractivity contribution in [1.82, 2.24) is 0 Å². The summed E-state index contributed by atoms with van der Waals surface area (Å²) in [6.07, 6.45) is -0.669. The van der Waals surface area contributed by atoms with Crippen molar-refractivity contribution in [1.29, 1.82) is 0 Å². The number of hydrogen-bond donors (Lipinski definition) is 0. The van der Waals surface area contributed by atoms with Crippen LogP contribution in [0.15, 0.2) is 59.9 Å². The molecule has 0 bridgehead atoms. The normalized spacial score (nSPS) is 18.1. The molecular formula is C23H24O6. The molecule has 0 unspecified atom stereocenters. The van der Waals surface area contributed by atoms with Crippen molar-refractivity contribution in [2.45, 2.75) is 26.9 Å². The van der Waals surface area contributed by atoms with Gasteiger partial charge in [0.2, 0.25) is 0 Å². The first-order valence-corrected chi connectivity index (χ1v) is 9.21. The zero-order valence-corrected chi connectivity index (χ0v) is 17.1. The van der Waals surface area contributed by atoms with Crippen LogP contribution in [-0.2, 0) is 14.3 Å². The first-order valence-electron chi connectivity index (χ1n) is 9.21. The molecule has 0 spiro atoms. The highest BCUT2D eigenvalue weighted by molar-refractivity contribution is 5.93. The summed E-state index contributed by atoms with van der Waals surface area (Å²) in [5.74, 6) is 0.334. The van der Waals surface area contributed by atoms with Crippen molar-refractivity contribution in [2.24, 2.45) is 5.41 Å². The van der Waals surface area contributed by atoms with Crippen LogP contribution in [0.1, 0.15) is 42.8 Å². The van der Waals surface area contributed by atoms with Gasteiger partial charge < -0.3 is 18.9 Å². The minimum Gasteiger partial charge on any atom is -0.493 e. The number of esters is 2. The van der Waals surface area contributed by atoms with Crippen LogP contribution < -0.4 is 9.47 Å². The van der Waals surface area contributed by atoms with E-state index < -0.39 is 23.5 Å². The lowest BCUT2D eigenvalue weighted by molar-refractivity contribution is -0.155. The molecule has 0 aliphatic carbocycles. The summed E-state index contributed by atoms with van der Waals surface area (Å²) in [4.78, 5) is 25.2. The Kier molecular flexibility index (Phi) is 5.64. The van der Waals surface area contributed by atoms with E-state index in [1.807, 2.05) is 19.9 Å². The molecule has 0 aromatic heterocycles. The van der Waals surface area contributed by atoms with Crippen LogP contribution in [0, 0.1) is 5.41 Å². The molecule has 3 rings (SSSR count). The van der Waals surface area contributed by atoms with Crippen molar-refractivity contribution in [3.05, 3.63) is 71.0 Å². The fraction of sp³-hybridized carbons (Fsp3) is 0.304. The summed E-state index contributed by atoms with van der Waals surface area (Å²) >= 11 is 0. The zero-order valence-electron chi connectivity index (χ0n) is 17.1. The Morgan fingerprint density at radius 3 is 2.28 bits per heavy atom. The molecule has 0 radical (unpaired) electrons. The lowest BCUT2D eigenvalue weighted by Crippen LogP contribution is -2.37. The van der Waals surface area contributed by atoms with E-state index in [4.69, 9.17) is 18.9 Å². The van der Waals surface area contributed by atoms with Crippen molar-refractivity contribution < 1.29 is 28.5 Å². The number of carbonyl (C=O) groups is 2. The molecule has 6 nitrogen and oxygen atoms in total. The monoisotopic (exact) mass is 396 g/mol. The smallest absolute Gasteiger partial charge is 0.343 e. The Bertz CT molecular complexity index is 959. The average molecular weight is 396 g/mol. The number of benzene rings is 2. The van der Waals surface area contributed by atoms with Gasteiger partial charge in [0, 0.05) is 0 Å². The fourth-order valence-electron chi connectivity index (χ4n) is 3.47. The summed E-state index contributed by atoms with van der Waals surface area (Å²) in [5.41, 5.74) is 0.602. The molecule has 0 saturated heterocycles. The Morgan fingerprint density at radius 2 is 1.66 bits per heavy atom. The third-order valence-corrected chi connectivity index (χ3v) is 5.03. The maximum absolute atomic E-state index is 12.6. The third kappa shape index (κ3) is 3.83. The SMILES string of the molecule is COc1ccc([C@@H]2OC(=O)C(C)=C(OC(=O)c3ccccc3)C2(C)C)cc1OC. The van der Waals surface area contributed by atoms with Crippen LogP contribution in [0.3, 0.4) is 0 Å². The highest BCUT2D eigenvalue weighted by Crippen LogP contribution is 2.49. The van der Waals surface area contributed by atoms with E-state index in [-0.39, 0.29) is 5.57 Å². The summed E-state index contributed by atoms with van der Waals surface area (Å²) in [6, 6.07) is 14.0. The van der Waals surface area contributed by atoms with E-state index in [1.165, 1.54) is 7.11 Å². The molecule has 1 heterocycles. The Balaban J connectivity index is 1.99. The average Bonchev–Trinajstić information content (AvgIpc) is 2.73. The highest BCUT2D eigenvalue weighted by atomic mass is 16.6. The van der Waals surface area contributed by atoms with Gasteiger partial charge in [-0.05, 0) is 50.6 Å². The van der Waals surface area contributed by atoms with Crippen LogP contribution >= 0.6 is 0 Å². The molecule has 0 N–H and O–H groups in total. The van der Waals surface area contributed by atoms with Gasteiger partial charge in [-0.15, -0.1) is 0 Å². The number of carbonyl (C=O) groups excluding carboxylic acids is 2. The molecule has 2 aromatic carbocycles. The van der Waals surface area contributed by atoms with Gasteiger partial charge in [-0.3, -0.25) is 0 Å². The Labute approximate surface area is 170 Å². The van der Waals surface area contributed by atoms with Gasteiger partial charge in [-0.2, -0.15) is 0 Å². The van der Waals surface area contributed by atoms with Gasteiger partial charge in [0.15, 0.2) is 11.5 Å². The molecule has 0 amide bonds. The van der Waals surface area contributed by atoms with E-state index in [9.17, 15) is 9.59 Å². The topological polar surface area (TPSA) is 71.1 Å². The van der Waals surface area contributed by atoms with Crippen LogP contribution in [0.4, 0.5) is 0 Å². The molecule has 152 valence electrons. The van der Waals surface area contributed by atoms with E-state index in [0.717, 1.165) is 0 Å². The van der Waals surface area contributed by atoms with Gasteiger partial charge >= 0.3 is 11.9 Å². The Hall–Kier alpha value is -3.28. The third-order valence-electron chi connectivity index (χ3n) is 5.03. The molecule has 1 atom stereocenters. The van der Waals surface area contributed by atoms with Crippen molar-refractivity contribution in [3.63, 3.8) is 0 Å². The molecule has 0 fully saturated rings. The first kappa shape index (κ1) is 20.5. The molecule has 1 aliphatic rings. The summed E-state index contributed by atoms with van der Waals surface area (Å²) < 4.78 is 22.1. The van der Waals surface area contributed by atoms with Crippen LogP contribution in [0.5, 0.6) is 11.5 Å². The molecule has 29 heavy (non-hydrogen) atoms. The number of methoxy groups -OCH3 is 2. The Morgan fingerprint density at radius 1 is 1.00 bits per heavy atom. The minimum atomic E-state index is -0.790. The number of rotatable bonds is 5. The zero-order chi connectivity index (χ0) is 21.2. The molecular weight excluding hydrogens is 372 g/mol. The molecule has 6 heteroatoms. The summed E-state index contributed by atoms with van der Waals surface area (Å²) in [5, 5.41) is 0. The maximum Gasteiger partial charge on any atom is 0.343 e. The van der Waals surface area contributed by atoms with Crippen LogP contribution in [0.2, 0.25) is 0 Å². The summed E-state index contributed by atoms with van der Waals surface area (Å²) in [7, 11) is 3.09. The minimum absolute atomic E-state index is 0.274. The number of hydrogen-bond acceptors (Lipinski definition) is 6. The first-order chi connectivity index (χ1) is 13.8. The van der Waals surface area contributed by atoms with Gasteiger partial charge in [0.25, 0.3) is 0 Å². The molecule has 2 aromatic rings. The predicted octanol–water partition coefficient (Wildman–Crippen LogP) is 4.46. The van der Waals surface area contributed by atoms with E-state index in [0.29, 0.717) is 28.4 Å². The van der Waals surface area contributed by atoms with Crippen molar-refractivity contribution >= 4 is 11.9 Å². The van der Waals surface area contributed by atoms with Crippen molar-refractivity contribution in [3.8, 4) is 11.5 Å². The summed E-state index contributed by atoms with van der Waals surface area (Å²) in [6.45, 7) is 5.35. The van der Waals surface area contributed by atoms with Crippen LogP contribution in [0.25, 0.3) is 0 Å². The number of ether oxygens (including phenoxy) is 4. The van der Waals surface area contributed by atoms with E-state index >= 15 is 0 Å². The predicted molar refractivity (Wildman–Crippen MR) is 107 cm³/mol. The largest absolute Gasteiger partial charge is 0.493 e. The van der Waals surface area contributed by atoms with Gasteiger partial charge in [-0.25, -0.2) is 9.59 Å². The van der Waals surface area contributed by atoms with Gasteiger partial charge in [0.1, 0.15) is 11.9 Å². The molecule has 0 saturated carbocycles. The lowest BCUT2D eigenvalue weighted by atomic mass is 9.77. The maximum atomic E-state index is 12.6. The molecule has 1 aliphatic heterocycles. The highest BCUT2D eigenvalue weighted by Gasteiger charge is 2.46. The second-order valence-corrected chi connectivity index (χ2v) is 7.33. The number of cyclic esters (lactones) is 1. The van der Waals surface area contributed by atoms with E-state index in [2.05, 4.69) is 0 Å². The van der Waals surface area contributed by atoms with Crippen LogP contribution in [-0.4, -0.2) is 26.2 Å². The quantitative estimate of drug-likeness (QED) is 0.695. The lowest BCUT2D eigenvalue weighted by Gasteiger charge is -2.39. The van der Waals surface area contributed by atoms with Gasteiger partial charge in [-0.1, -0.05) is 24.3 Å². The second-order valence-electron chi connectivity index (χ2n) is 7.33.